The molecule has 1 saturated heterocycles. The van der Waals surface area contributed by atoms with Crippen molar-refractivity contribution in [1.29, 1.82) is 0 Å². The summed E-state index contributed by atoms with van der Waals surface area (Å²) in [5.74, 6) is 0.0282. The van der Waals surface area contributed by atoms with Gasteiger partial charge in [0.1, 0.15) is 5.69 Å². The molecule has 106 valence electrons. The van der Waals surface area contributed by atoms with Gasteiger partial charge in [-0.05, 0) is 19.0 Å². The second-order valence-corrected chi connectivity index (χ2v) is 5.15. The van der Waals surface area contributed by atoms with E-state index in [0.29, 0.717) is 10.7 Å². The van der Waals surface area contributed by atoms with Gasteiger partial charge >= 0.3 is 0 Å². The van der Waals surface area contributed by atoms with Crippen LogP contribution in [0.5, 0.6) is 0 Å². The van der Waals surface area contributed by atoms with Gasteiger partial charge in [-0.25, -0.2) is 0 Å². The topological polar surface area (TPSA) is 48.6 Å². The van der Waals surface area contributed by atoms with Crippen molar-refractivity contribution < 1.29 is 9.53 Å². The molecule has 0 radical (unpaired) electrons. The van der Waals surface area contributed by atoms with Crippen LogP contribution in [0.3, 0.4) is 0 Å². The second-order valence-electron chi connectivity index (χ2n) is 4.71. The average Bonchev–Trinajstić information content (AvgIpc) is 2.71. The first-order valence-corrected chi connectivity index (χ1v) is 6.93. The molecule has 2 heterocycles. The first-order chi connectivity index (χ1) is 9.20. The molecule has 5 nitrogen and oxygen atoms in total. The number of aromatic amines is 1. The number of H-pyrrole nitrogens is 1. The highest BCUT2D eigenvalue weighted by Crippen LogP contribution is 2.13. The van der Waals surface area contributed by atoms with Crippen LogP contribution in [0.15, 0.2) is 12.3 Å². The third-order valence-electron chi connectivity index (χ3n) is 3.37. The van der Waals surface area contributed by atoms with Crippen LogP contribution in [-0.2, 0) is 4.74 Å². The molecule has 19 heavy (non-hydrogen) atoms. The number of carbonyl (C=O) groups is 1. The van der Waals surface area contributed by atoms with Crippen molar-refractivity contribution in [3.63, 3.8) is 0 Å². The summed E-state index contributed by atoms with van der Waals surface area (Å²) in [7, 11) is 1.71. The summed E-state index contributed by atoms with van der Waals surface area (Å²) in [6, 6.07) is 1.68. The number of hydrogen-bond donors (Lipinski definition) is 1. The second kappa shape index (κ2) is 6.93. The van der Waals surface area contributed by atoms with Gasteiger partial charge < -0.3 is 14.6 Å². The summed E-state index contributed by atoms with van der Waals surface area (Å²) in [5.41, 5.74) is 0.565. The van der Waals surface area contributed by atoms with Gasteiger partial charge in [-0.2, -0.15) is 0 Å². The molecule has 0 aromatic carbocycles. The smallest absolute Gasteiger partial charge is 0.270 e. The Bertz CT molecular complexity index is 422. The van der Waals surface area contributed by atoms with Crippen molar-refractivity contribution in [2.75, 3.05) is 46.4 Å². The van der Waals surface area contributed by atoms with Gasteiger partial charge in [-0.1, -0.05) is 11.6 Å². The zero-order chi connectivity index (χ0) is 13.7. The van der Waals surface area contributed by atoms with Crippen LogP contribution in [0.2, 0.25) is 5.02 Å². The van der Waals surface area contributed by atoms with Gasteiger partial charge in [0.2, 0.25) is 0 Å². The molecule has 2 rings (SSSR count). The lowest BCUT2D eigenvalue weighted by Gasteiger charge is -2.21. The first-order valence-electron chi connectivity index (χ1n) is 6.55. The molecular weight excluding hydrogens is 266 g/mol. The van der Waals surface area contributed by atoms with Gasteiger partial charge in [0.15, 0.2) is 0 Å². The molecule has 1 aromatic rings. The van der Waals surface area contributed by atoms with Gasteiger partial charge in [-0.15, -0.1) is 0 Å². The number of halogens is 1. The highest BCUT2D eigenvalue weighted by Gasteiger charge is 2.20. The van der Waals surface area contributed by atoms with Crippen molar-refractivity contribution in [2.24, 2.45) is 0 Å². The molecule has 1 N–H and O–H groups in total. The first kappa shape index (κ1) is 14.4. The van der Waals surface area contributed by atoms with Crippen LogP contribution >= 0.6 is 11.6 Å². The highest BCUT2D eigenvalue weighted by atomic mass is 35.5. The van der Waals surface area contributed by atoms with E-state index >= 15 is 0 Å². The SMILES string of the molecule is COCCN1CCCN(C(=O)c2cc(Cl)c[nH]2)CC1. The van der Waals surface area contributed by atoms with Crippen molar-refractivity contribution in [1.82, 2.24) is 14.8 Å². The maximum absolute atomic E-state index is 12.3. The Balaban J connectivity index is 1.90. The number of carbonyl (C=O) groups excluding carboxylic acids is 1. The summed E-state index contributed by atoms with van der Waals surface area (Å²) >= 11 is 5.83. The summed E-state index contributed by atoms with van der Waals surface area (Å²) in [6.45, 7) is 5.10. The molecule has 0 aliphatic carbocycles. The number of nitrogens with one attached hydrogen (secondary N) is 1. The summed E-state index contributed by atoms with van der Waals surface area (Å²) < 4.78 is 5.09. The number of hydrogen-bond acceptors (Lipinski definition) is 3. The zero-order valence-electron chi connectivity index (χ0n) is 11.2. The number of aromatic nitrogens is 1. The molecule has 0 bridgehead atoms. The van der Waals surface area contributed by atoms with Crippen LogP contribution in [0.25, 0.3) is 0 Å². The fourth-order valence-electron chi connectivity index (χ4n) is 2.28. The monoisotopic (exact) mass is 285 g/mol. The Kier molecular flexibility index (Phi) is 5.24. The predicted octanol–water partition coefficient (Wildman–Crippen LogP) is 1.46. The third kappa shape index (κ3) is 3.96. The van der Waals surface area contributed by atoms with Crippen molar-refractivity contribution in [2.45, 2.75) is 6.42 Å². The molecule has 1 fully saturated rings. The Labute approximate surface area is 118 Å². The van der Waals surface area contributed by atoms with E-state index < -0.39 is 0 Å². The molecular formula is C13H20ClN3O2. The molecule has 1 amide bonds. The summed E-state index contributed by atoms with van der Waals surface area (Å²) in [5, 5.41) is 0.569. The van der Waals surface area contributed by atoms with Crippen LogP contribution in [0, 0.1) is 0 Å². The van der Waals surface area contributed by atoms with E-state index in [1.165, 1.54) is 0 Å². The van der Waals surface area contributed by atoms with Gasteiger partial charge in [0.25, 0.3) is 5.91 Å². The Morgan fingerprint density at radius 2 is 2.26 bits per heavy atom. The minimum atomic E-state index is 0.0282. The standard InChI is InChI=1S/C13H20ClN3O2/c1-19-8-7-16-3-2-4-17(6-5-16)13(18)12-9-11(14)10-15-12/h9-10,15H,2-8H2,1H3. The van der Waals surface area contributed by atoms with E-state index in [-0.39, 0.29) is 5.91 Å². The maximum Gasteiger partial charge on any atom is 0.270 e. The van der Waals surface area contributed by atoms with E-state index in [9.17, 15) is 4.79 Å². The average molecular weight is 286 g/mol. The number of ether oxygens (including phenoxy) is 1. The number of rotatable bonds is 4. The van der Waals surface area contributed by atoms with Crippen LogP contribution in [0.4, 0.5) is 0 Å². The highest BCUT2D eigenvalue weighted by molar-refractivity contribution is 6.30. The fourth-order valence-corrected chi connectivity index (χ4v) is 2.44. The van der Waals surface area contributed by atoms with E-state index in [1.807, 2.05) is 4.90 Å². The maximum atomic E-state index is 12.3. The minimum absolute atomic E-state index is 0.0282. The van der Waals surface area contributed by atoms with Crippen LogP contribution < -0.4 is 0 Å². The zero-order valence-corrected chi connectivity index (χ0v) is 11.9. The summed E-state index contributed by atoms with van der Waals surface area (Å²) in [4.78, 5) is 19.4. The molecule has 1 aliphatic heterocycles. The van der Waals surface area contributed by atoms with E-state index in [4.69, 9.17) is 16.3 Å². The quantitative estimate of drug-likeness (QED) is 0.911. The van der Waals surface area contributed by atoms with Crippen molar-refractivity contribution in [3.05, 3.63) is 23.0 Å². The Morgan fingerprint density at radius 3 is 2.95 bits per heavy atom. The predicted molar refractivity (Wildman–Crippen MR) is 74.6 cm³/mol. The normalized spacial score (nSPS) is 17.5. The molecule has 1 aliphatic rings. The fraction of sp³-hybridized carbons (Fsp3) is 0.615. The van der Waals surface area contributed by atoms with Crippen LogP contribution in [0.1, 0.15) is 16.9 Å². The Morgan fingerprint density at radius 1 is 1.42 bits per heavy atom. The van der Waals surface area contributed by atoms with Gasteiger partial charge in [-0.3, -0.25) is 9.69 Å². The summed E-state index contributed by atoms with van der Waals surface area (Å²) in [6.07, 6.45) is 2.63. The molecule has 0 unspecified atom stereocenters. The van der Waals surface area contributed by atoms with Gasteiger partial charge in [0.05, 0.1) is 11.6 Å². The molecule has 0 spiro atoms. The molecule has 1 aromatic heterocycles. The number of amides is 1. The van der Waals surface area contributed by atoms with E-state index in [1.54, 1.807) is 19.4 Å². The van der Waals surface area contributed by atoms with Gasteiger partial charge in [0, 0.05) is 39.5 Å². The van der Waals surface area contributed by atoms with E-state index in [2.05, 4.69) is 9.88 Å². The van der Waals surface area contributed by atoms with Crippen LogP contribution in [-0.4, -0.2) is 67.1 Å². The number of methoxy groups -OCH3 is 1. The minimum Gasteiger partial charge on any atom is -0.383 e. The Hall–Kier alpha value is -1.04. The lowest BCUT2D eigenvalue weighted by molar-refractivity contribution is 0.0754. The third-order valence-corrected chi connectivity index (χ3v) is 3.58. The van der Waals surface area contributed by atoms with Crippen molar-refractivity contribution >= 4 is 17.5 Å². The largest absolute Gasteiger partial charge is 0.383 e. The lowest BCUT2D eigenvalue weighted by atomic mass is 10.3. The molecule has 0 atom stereocenters. The number of nitrogens with zero attached hydrogens (tertiary/aromatic N) is 2. The van der Waals surface area contributed by atoms with E-state index in [0.717, 1.165) is 45.8 Å². The molecule has 6 heteroatoms. The van der Waals surface area contributed by atoms with Crippen molar-refractivity contribution in [3.8, 4) is 0 Å². The molecule has 0 saturated carbocycles. The lowest BCUT2D eigenvalue weighted by Crippen LogP contribution is -2.36.